The van der Waals surface area contributed by atoms with Gasteiger partial charge in [-0.3, -0.25) is 0 Å². The molecule has 6 heteroatoms. The third kappa shape index (κ3) is 3.38. The quantitative estimate of drug-likeness (QED) is 0.811. The van der Waals surface area contributed by atoms with E-state index in [2.05, 4.69) is 11.0 Å². The van der Waals surface area contributed by atoms with Gasteiger partial charge in [0.05, 0.1) is 31.7 Å². The Balaban J connectivity index is 1.99. The van der Waals surface area contributed by atoms with Crippen molar-refractivity contribution in [3.63, 3.8) is 0 Å². The number of piperazine rings is 1. The fourth-order valence-corrected chi connectivity index (χ4v) is 2.23. The lowest BCUT2D eigenvalue weighted by molar-refractivity contribution is -0.893. The average Bonchev–Trinajstić information content (AvgIpc) is 2.39. The molecule has 0 saturated carbocycles. The Bertz CT molecular complexity index is 454. The standard InChI is InChI=1S/C13H14F3N3/c14-13(15,16)11-1-3-12(4-2-11)19-9-7-18(6-5-17)8-10-19/h1-4H,6-10H2/p+1. The summed E-state index contributed by atoms with van der Waals surface area (Å²) in [5, 5.41) is 8.62. The molecule has 3 nitrogen and oxygen atoms in total. The van der Waals surface area contributed by atoms with Crippen LogP contribution in [0.15, 0.2) is 24.3 Å². The number of nitrogens with one attached hydrogen (secondary N) is 1. The van der Waals surface area contributed by atoms with Gasteiger partial charge in [0, 0.05) is 5.69 Å². The van der Waals surface area contributed by atoms with Gasteiger partial charge in [-0.1, -0.05) is 0 Å². The maximum Gasteiger partial charge on any atom is 0.416 e. The minimum absolute atomic E-state index is 0.487. The number of hydrogen-bond acceptors (Lipinski definition) is 2. The van der Waals surface area contributed by atoms with E-state index in [4.69, 9.17) is 5.26 Å². The molecule has 1 heterocycles. The van der Waals surface area contributed by atoms with Crippen molar-refractivity contribution >= 4 is 5.69 Å². The van der Waals surface area contributed by atoms with Gasteiger partial charge in [-0.25, -0.2) is 0 Å². The second kappa shape index (κ2) is 5.49. The number of hydrogen-bond donors (Lipinski definition) is 1. The summed E-state index contributed by atoms with van der Waals surface area (Å²) in [6.07, 6.45) is -4.28. The zero-order chi connectivity index (χ0) is 13.9. The van der Waals surface area contributed by atoms with Crippen LogP contribution in [0.25, 0.3) is 0 Å². The molecule has 1 aliphatic heterocycles. The van der Waals surface area contributed by atoms with Crippen molar-refractivity contribution in [2.45, 2.75) is 6.18 Å². The van der Waals surface area contributed by atoms with Gasteiger partial charge in [-0.15, -0.1) is 0 Å². The van der Waals surface area contributed by atoms with Crippen molar-refractivity contribution in [2.75, 3.05) is 37.6 Å². The van der Waals surface area contributed by atoms with Crippen LogP contribution in [0.4, 0.5) is 18.9 Å². The summed E-state index contributed by atoms with van der Waals surface area (Å²) < 4.78 is 37.4. The summed E-state index contributed by atoms with van der Waals surface area (Å²) in [5.74, 6) is 0. The van der Waals surface area contributed by atoms with Crippen LogP contribution in [0.5, 0.6) is 0 Å². The van der Waals surface area contributed by atoms with Gasteiger partial charge >= 0.3 is 6.18 Å². The largest absolute Gasteiger partial charge is 0.416 e. The molecule has 0 unspecified atom stereocenters. The molecule has 1 saturated heterocycles. The second-order valence-electron chi connectivity index (χ2n) is 4.62. The van der Waals surface area contributed by atoms with Crippen LogP contribution in [0.1, 0.15) is 5.56 Å². The van der Waals surface area contributed by atoms with Crippen molar-refractivity contribution in [3.8, 4) is 6.07 Å². The Morgan fingerprint density at radius 3 is 2.21 bits per heavy atom. The van der Waals surface area contributed by atoms with Crippen LogP contribution in [-0.4, -0.2) is 32.7 Å². The van der Waals surface area contributed by atoms with E-state index in [0.29, 0.717) is 6.54 Å². The number of quaternary nitrogens is 1. The number of halogens is 3. The zero-order valence-corrected chi connectivity index (χ0v) is 10.4. The van der Waals surface area contributed by atoms with Gasteiger partial charge in [0.15, 0.2) is 6.54 Å². The molecule has 0 atom stereocenters. The topological polar surface area (TPSA) is 31.5 Å². The predicted octanol–water partition coefficient (Wildman–Crippen LogP) is 0.934. The van der Waals surface area contributed by atoms with E-state index in [1.807, 2.05) is 0 Å². The molecule has 0 aromatic heterocycles. The lowest BCUT2D eigenvalue weighted by Gasteiger charge is -2.32. The molecule has 0 bridgehead atoms. The monoisotopic (exact) mass is 270 g/mol. The van der Waals surface area contributed by atoms with Gasteiger partial charge in [0.2, 0.25) is 0 Å². The molecule has 0 radical (unpaired) electrons. The summed E-state index contributed by atoms with van der Waals surface area (Å²) >= 11 is 0. The molecule has 2 rings (SSSR count). The van der Waals surface area contributed by atoms with Gasteiger partial charge in [-0.05, 0) is 24.3 Å². The van der Waals surface area contributed by atoms with Crippen molar-refractivity contribution in [1.29, 1.82) is 5.26 Å². The van der Waals surface area contributed by atoms with Gasteiger partial charge in [0.1, 0.15) is 6.07 Å². The van der Waals surface area contributed by atoms with E-state index >= 15 is 0 Å². The summed E-state index contributed by atoms with van der Waals surface area (Å²) in [5.41, 5.74) is 0.189. The van der Waals surface area contributed by atoms with E-state index in [1.165, 1.54) is 17.0 Å². The lowest BCUT2D eigenvalue weighted by Crippen LogP contribution is -3.14. The minimum Gasteiger partial charge on any atom is -0.360 e. The number of nitrogens with zero attached hydrogens (tertiary/aromatic N) is 2. The number of benzene rings is 1. The van der Waals surface area contributed by atoms with E-state index < -0.39 is 11.7 Å². The first kappa shape index (κ1) is 13.7. The smallest absolute Gasteiger partial charge is 0.360 e. The SMILES string of the molecule is N#CC[NH+]1CCN(c2ccc(C(F)(F)F)cc2)CC1. The van der Waals surface area contributed by atoms with Gasteiger partial charge < -0.3 is 9.80 Å². The Labute approximate surface area is 109 Å². The Morgan fingerprint density at radius 2 is 1.74 bits per heavy atom. The van der Waals surface area contributed by atoms with Gasteiger partial charge in [-0.2, -0.15) is 18.4 Å². The zero-order valence-electron chi connectivity index (χ0n) is 10.4. The van der Waals surface area contributed by atoms with Crippen molar-refractivity contribution in [2.24, 2.45) is 0 Å². The molecule has 1 fully saturated rings. The van der Waals surface area contributed by atoms with Crippen molar-refractivity contribution < 1.29 is 18.1 Å². The third-order valence-electron chi connectivity index (χ3n) is 3.36. The molecule has 1 aromatic rings. The molecule has 0 amide bonds. The fourth-order valence-electron chi connectivity index (χ4n) is 2.23. The number of anilines is 1. The van der Waals surface area contributed by atoms with Gasteiger partial charge in [0.25, 0.3) is 0 Å². The predicted molar refractivity (Wildman–Crippen MR) is 64.8 cm³/mol. The molecular formula is C13H15F3N3+. The van der Waals surface area contributed by atoms with Crippen molar-refractivity contribution in [3.05, 3.63) is 29.8 Å². The highest BCUT2D eigenvalue weighted by atomic mass is 19.4. The Kier molecular flexibility index (Phi) is 3.96. The van der Waals surface area contributed by atoms with Crippen LogP contribution in [0.3, 0.4) is 0 Å². The summed E-state index contributed by atoms with van der Waals surface area (Å²) in [6.45, 7) is 3.70. The average molecular weight is 270 g/mol. The highest BCUT2D eigenvalue weighted by molar-refractivity contribution is 5.48. The van der Waals surface area contributed by atoms with E-state index in [9.17, 15) is 13.2 Å². The van der Waals surface area contributed by atoms with Crippen LogP contribution in [-0.2, 0) is 6.18 Å². The maximum atomic E-state index is 12.5. The summed E-state index contributed by atoms with van der Waals surface area (Å²) in [4.78, 5) is 3.28. The van der Waals surface area contributed by atoms with Crippen LogP contribution in [0.2, 0.25) is 0 Å². The number of rotatable bonds is 2. The molecular weight excluding hydrogens is 255 g/mol. The first-order valence-corrected chi connectivity index (χ1v) is 6.13. The highest BCUT2D eigenvalue weighted by Crippen LogP contribution is 2.30. The van der Waals surface area contributed by atoms with E-state index in [0.717, 1.165) is 44.0 Å². The van der Waals surface area contributed by atoms with Crippen LogP contribution in [0, 0.1) is 11.3 Å². The van der Waals surface area contributed by atoms with Crippen LogP contribution >= 0.6 is 0 Å². The normalized spacial score (nSPS) is 17.3. The number of nitriles is 1. The molecule has 0 aliphatic carbocycles. The number of alkyl halides is 3. The molecule has 0 spiro atoms. The molecule has 102 valence electrons. The first-order valence-electron chi connectivity index (χ1n) is 6.13. The highest BCUT2D eigenvalue weighted by Gasteiger charge is 2.30. The van der Waals surface area contributed by atoms with E-state index in [1.54, 1.807) is 0 Å². The first-order chi connectivity index (χ1) is 9.00. The fraction of sp³-hybridized carbons (Fsp3) is 0.462. The third-order valence-corrected chi connectivity index (χ3v) is 3.36. The Morgan fingerprint density at radius 1 is 1.16 bits per heavy atom. The molecule has 1 aliphatic rings. The molecule has 19 heavy (non-hydrogen) atoms. The molecule has 1 aromatic carbocycles. The van der Waals surface area contributed by atoms with Crippen molar-refractivity contribution in [1.82, 2.24) is 0 Å². The summed E-state index contributed by atoms with van der Waals surface area (Å²) in [7, 11) is 0. The Hall–Kier alpha value is -1.74. The van der Waals surface area contributed by atoms with E-state index in [-0.39, 0.29) is 0 Å². The summed E-state index contributed by atoms with van der Waals surface area (Å²) in [6, 6.07) is 7.39. The lowest BCUT2D eigenvalue weighted by atomic mass is 10.1. The molecule has 1 N–H and O–H groups in total. The maximum absolute atomic E-state index is 12.5. The minimum atomic E-state index is -4.28. The van der Waals surface area contributed by atoms with Crippen LogP contribution < -0.4 is 9.80 Å². The second-order valence-corrected chi connectivity index (χ2v) is 4.62.